The third-order valence-electron chi connectivity index (χ3n) is 3.21. The number of amides is 1. The van der Waals surface area contributed by atoms with Crippen LogP contribution in [0, 0.1) is 0 Å². The number of β-lactam (4-membered cyclic amide) rings is 1. The van der Waals surface area contributed by atoms with Gasteiger partial charge >= 0.3 is 5.97 Å². The minimum Gasteiger partial charge on any atom is -0.480 e. The second-order valence-electron chi connectivity index (χ2n) is 4.35. The predicted octanol–water partition coefficient (Wildman–Crippen LogP) is -1.18. The molecule has 0 aromatic rings. The minimum atomic E-state index is -3.57. The van der Waals surface area contributed by atoms with Crippen molar-refractivity contribution in [1.82, 2.24) is 4.90 Å². The van der Waals surface area contributed by atoms with E-state index in [2.05, 4.69) is 0 Å². The zero-order valence-electron chi connectivity index (χ0n) is 9.30. The van der Waals surface area contributed by atoms with E-state index >= 15 is 0 Å². The van der Waals surface area contributed by atoms with Crippen LogP contribution in [0.15, 0.2) is 0 Å². The molecule has 0 aromatic heterocycles. The zero-order valence-corrected chi connectivity index (χ0v) is 13.2. The first-order valence-electron chi connectivity index (χ1n) is 4.48. The third-order valence-corrected chi connectivity index (χ3v) is 6.01. The molecule has 0 bridgehead atoms. The average Bonchev–Trinajstić information content (AvgIpc) is 2.19. The van der Waals surface area contributed by atoms with Crippen molar-refractivity contribution in [2.24, 2.45) is 0 Å². The number of nitrogens with zero attached hydrogens (tertiary/aromatic N) is 1. The maximum absolute atomic E-state index is 11.9. The van der Waals surface area contributed by atoms with Crippen molar-refractivity contribution in [1.29, 1.82) is 0 Å². The summed E-state index contributed by atoms with van der Waals surface area (Å²) in [5.41, 5.74) is 0. The molecule has 85 valence electrons. The molecule has 2 heterocycles. The van der Waals surface area contributed by atoms with E-state index in [9.17, 15) is 18.0 Å². The van der Waals surface area contributed by atoms with Crippen LogP contribution < -0.4 is 0 Å². The van der Waals surface area contributed by atoms with Crippen LogP contribution in [0.5, 0.6) is 0 Å². The normalized spacial score (nSPS) is 33.6. The Kier molecular flexibility index (Phi) is 3.67. The fourth-order valence-electron chi connectivity index (χ4n) is 2.23. The number of carbonyl (C=O) groups excluding carboxylic acids is 1. The molecule has 2 aliphatic rings. The number of sulfone groups is 1. The monoisotopic (exact) mass is 272 g/mol. The number of aliphatic carboxylic acids is 1. The van der Waals surface area contributed by atoms with Gasteiger partial charge in [-0.05, 0) is 13.8 Å². The van der Waals surface area contributed by atoms with Gasteiger partial charge in [-0.15, -0.1) is 0 Å². The molecule has 16 heavy (non-hydrogen) atoms. The van der Waals surface area contributed by atoms with Crippen molar-refractivity contribution >= 4 is 73.1 Å². The molecule has 0 aromatic carbocycles. The molecule has 6 nitrogen and oxygen atoms in total. The van der Waals surface area contributed by atoms with Crippen molar-refractivity contribution in [3.05, 3.63) is 0 Å². The molecule has 2 saturated heterocycles. The van der Waals surface area contributed by atoms with E-state index in [0.29, 0.717) is 0 Å². The SMILES string of the molecule is CC1(C)[C@H](C(=O)O)N2C(=O)C[C@H]2S1(=O)=O.[K]. The first-order chi connectivity index (χ1) is 6.71. The zero-order chi connectivity index (χ0) is 11.6. The van der Waals surface area contributed by atoms with E-state index < -0.39 is 37.9 Å². The summed E-state index contributed by atoms with van der Waals surface area (Å²) >= 11 is 0. The number of carboxylic acids is 1. The van der Waals surface area contributed by atoms with Gasteiger partial charge in [-0.3, -0.25) is 4.79 Å². The van der Waals surface area contributed by atoms with Crippen LogP contribution >= 0.6 is 0 Å². The van der Waals surface area contributed by atoms with Gasteiger partial charge in [-0.1, -0.05) is 0 Å². The fraction of sp³-hybridized carbons (Fsp3) is 0.750. The van der Waals surface area contributed by atoms with Gasteiger partial charge in [0.05, 0.1) is 11.2 Å². The number of carboxylic acid groups (broad SMARTS) is 1. The standard InChI is InChI=1S/C8H11NO5S.K/c1-8(2)6(7(11)12)9-4(10)3-5(9)15(8,13)14;/h5-6H,3H2,1-2H3,(H,11,12);/t5-,6+;/m1./s1. The summed E-state index contributed by atoms with van der Waals surface area (Å²) in [6, 6.07) is -1.26. The van der Waals surface area contributed by atoms with E-state index in [4.69, 9.17) is 5.11 Å². The second-order valence-corrected chi connectivity index (χ2v) is 7.04. The Morgan fingerprint density at radius 1 is 1.50 bits per heavy atom. The largest absolute Gasteiger partial charge is 0.480 e. The van der Waals surface area contributed by atoms with Gasteiger partial charge in [-0.2, -0.15) is 0 Å². The number of rotatable bonds is 1. The molecule has 1 N–H and O–H groups in total. The number of hydrogen-bond acceptors (Lipinski definition) is 4. The molecule has 8 heteroatoms. The van der Waals surface area contributed by atoms with Crippen molar-refractivity contribution in [3.8, 4) is 0 Å². The Morgan fingerprint density at radius 2 is 2.00 bits per heavy atom. The van der Waals surface area contributed by atoms with E-state index in [1.807, 2.05) is 0 Å². The fourth-order valence-corrected chi connectivity index (χ4v) is 4.36. The van der Waals surface area contributed by atoms with E-state index in [1.165, 1.54) is 13.8 Å². The molecule has 2 fully saturated rings. The van der Waals surface area contributed by atoms with E-state index in [1.54, 1.807) is 0 Å². The second kappa shape index (κ2) is 4.03. The Hall–Kier alpha value is 0.526. The van der Waals surface area contributed by atoms with Crippen LogP contribution in [0.2, 0.25) is 0 Å². The van der Waals surface area contributed by atoms with Gasteiger partial charge in [0, 0.05) is 51.4 Å². The summed E-state index contributed by atoms with van der Waals surface area (Å²) in [4.78, 5) is 23.2. The number of hydrogen-bond donors (Lipinski definition) is 1. The third kappa shape index (κ3) is 1.54. The minimum absolute atomic E-state index is 0. The van der Waals surface area contributed by atoms with Crippen molar-refractivity contribution < 1.29 is 23.1 Å². The van der Waals surface area contributed by atoms with E-state index in [-0.39, 0.29) is 57.8 Å². The van der Waals surface area contributed by atoms with Gasteiger partial charge in [0.1, 0.15) is 11.4 Å². The Balaban J connectivity index is 0.00000128. The van der Waals surface area contributed by atoms with Gasteiger partial charge in [-0.25, -0.2) is 13.2 Å². The molecule has 2 aliphatic heterocycles. The molecule has 0 spiro atoms. The topological polar surface area (TPSA) is 91.8 Å². The van der Waals surface area contributed by atoms with Crippen LogP contribution in [0.25, 0.3) is 0 Å². The number of carbonyl (C=O) groups is 2. The summed E-state index contributed by atoms with van der Waals surface area (Å²) in [5, 5.41) is 8.03. The van der Waals surface area contributed by atoms with Gasteiger partial charge in [0.25, 0.3) is 0 Å². The maximum Gasteiger partial charge on any atom is 0.328 e. The molecule has 1 radical (unpaired) electrons. The van der Waals surface area contributed by atoms with Crippen molar-refractivity contribution in [3.63, 3.8) is 0 Å². The quantitative estimate of drug-likeness (QED) is 0.479. The smallest absolute Gasteiger partial charge is 0.328 e. The van der Waals surface area contributed by atoms with Gasteiger partial charge in [0.15, 0.2) is 9.84 Å². The summed E-state index contributed by atoms with van der Waals surface area (Å²) in [6.07, 6.45) is -0.0878. The van der Waals surface area contributed by atoms with Gasteiger partial charge in [0.2, 0.25) is 5.91 Å². The van der Waals surface area contributed by atoms with Crippen LogP contribution in [0.1, 0.15) is 20.3 Å². The van der Waals surface area contributed by atoms with Crippen LogP contribution in [-0.2, 0) is 19.4 Å². The summed E-state index contributed by atoms with van der Waals surface area (Å²) in [6.45, 7) is 2.71. The Labute approximate surface area is 136 Å². The van der Waals surface area contributed by atoms with Crippen molar-refractivity contribution in [2.75, 3.05) is 0 Å². The van der Waals surface area contributed by atoms with Crippen molar-refractivity contribution in [2.45, 2.75) is 36.4 Å². The van der Waals surface area contributed by atoms with Crippen LogP contribution in [-0.4, -0.2) is 97.8 Å². The average molecular weight is 272 g/mol. The molecule has 1 amide bonds. The molecular weight excluding hydrogens is 261 g/mol. The molecular formula is C8H11KNO5S. The predicted molar refractivity (Wildman–Crippen MR) is 55.4 cm³/mol. The summed E-state index contributed by atoms with van der Waals surface area (Å²) in [7, 11) is -3.57. The molecule has 0 aliphatic carbocycles. The van der Waals surface area contributed by atoms with Gasteiger partial charge < -0.3 is 10.0 Å². The molecule has 0 unspecified atom stereocenters. The summed E-state index contributed by atoms with van der Waals surface area (Å²) in [5.74, 6) is -1.67. The Bertz CT molecular complexity index is 457. The number of fused-ring (bicyclic) bond motifs is 1. The van der Waals surface area contributed by atoms with E-state index in [0.717, 1.165) is 4.90 Å². The Morgan fingerprint density at radius 3 is 2.31 bits per heavy atom. The molecule has 2 atom stereocenters. The first kappa shape index (κ1) is 14.6. The maximum atomic E-state index is 11.9. The summed E-state index contributed by atoms with van der Waals surface area (Å²) < 4.78 is 22.4. The first-order valence-corrected chi connectivity index (χ1v) is 6.03. The van der Waals surface area contributed by atoms with Crippen LogP contribution in [0.3, 0.4) is 0 Å². The molecule has 2 rings (SSSR count). The molecule has 0 saturated carbocycles. The van der Waals surface area contributed by atoms with Crippen LogP contribution in [0.4, 0.5) is 0 Å².